The van der Waals surface area contributed by atoms with Crippen LogP contribution in [0.3, 0.4) is 0 Å². The van der Waals surface area contributed by atoms with Crippen LogP contribution < -0.4 is 5.32 Å². The van der Waals surface area contributed by atoms with Crippen molar-refractivity contribution in [1.29, 1.82) is 0 Å². The summed E-state index contributed by atoms with van der Waals surface area (Å²) in [6.45, 7) is 1.79. The summed E-state index contributed by atoms with van der Waals surface area (Å²) in [5, 5.41) is 2.39. The summed E-state index contributed by atoms with van der Waals surface area (Å²) in [7, 11) is 7.51. The lowest BCUT2D eigenvalue weighted by molar-refractivity contribution is 0.0214. The van der Waals surface area contributed by atoms with E-state index in [-0.39, 0.29) is 6.61 Å². The van der Waals surface area contributed by atoms with Crippen LogP contribution in [0.4, 0.5) is 4.79 Å². The molecule has 0 aromatic carbocycles. The number of halogens is 3. The van der Waals surface area contributed by atoms with Gasteiger partial charge in [0.2, 0.25) is 3.79 Å². The number of hydrogen-bond acceptors (Lipinski definition) is 5. The van der Waals surface area contributed by atoms with Crippen LogP contribution in [0.1, 0.15) is 0 Å². The van der Waals surface area contributed by atoms with Crippen LogP contribution in [0, 0.1) is 0 Å². The van der Waals surface area contributed by atoms with Gasteiger partial charge in [0.1, 0.15) is 6.61 Å². The number of rotatable bonds is 8. The molecule has 0 aliphatic rings. The molecule has 0 unspecified atom stereocenters. The molecule has 0 saturated heterocycles. The molecule has 1 amide bonds. The van der Waals surface area contributed by atoms with Gasteiger partial charge in [-0.2, -0.15) is 0 Å². The SMILES string of the molecule is CN(C)CCOC(=O)N[C@H](OCCN(C)C)C(Cl)(Cl)Cl. The Hall–Kier alpha value is 0.0200. The molecule has 20 heavy (non-hydrogen) atoms. The molecule has 0 radical (unpaired) electrons. The summed E-state index contributed by atoms with van der Waals surface area (Å²) in [4.78, 5) is 15.4. The van der Waals surface area contributed by atoms with E-state index in [1.54, 1.807) is 0 Å². The van der Waals surface area contributed by atoms with Gasteiger partial charge in [-0.15, -0.1) is 0 Å². The number of carbonyl (C=O) groups excluding carboxylic acids is 1. The standard InChI is InChI=1S/C11H22Cl3N3O3/c1-16(2)5-7-19-9(11(12,13)14)15-10(18)20-8-6-17(3)4/h9H,5-8H2,1-4H3,(H,15,18)/t9-/m1/s1. The van der Waals surface area contributed by atoms with Gasteiger partial charge in [0.05, 0.1) is 6.61 Å². The molecule has 9 heteroatoms. The summed E-state index contributed by atoms with van der Waals surface area (Å²) < 4.78 is 8.53. The summed E-state index contributed by atoms with van der Waals surface area (Å²) in [6.07, 6.45) is -1.76. The summed E-state index contributed by atoms with van der Waals surface area (Å²) in [5.41, 5.74) is 0. The number of nitrogens with one attached hydrogen (secondary N) is 1. The first-order chi connectivity index (χ1) is 9.12. The van der Waals surface area contributed by atoms with Crippen molar-refractivity contribution in [2.45, 2.75) is 10.0 Å². The van der Waals surface area contributed by atoms with Crippen molar-refractivity contribution >= 4 is 40.9 Å². The Balaban J connectivity index is 4.18. The summed E-state index contributed by atoms with van der Waals surface area (Å²) >= 11 is 17.3. The lowest BCUT2D eigenvalue weighted by Gasteiger charge is -2.26. The quantitative estimate of drug-likeness (QED) is 0.532. The minimum absolute atomic E-state index is 0.239. The lowest BCUT2D eigenvalue weighted by Crippen LogP contribution is -2.47. The van der Waals surface area contributed by atoms with E-state index >= 15 is 0 Å². The van der Waals surface area contributed by atoms with Gasteiger partial charge in [-0.25, -0.2) is 4.79 Å². The van der Waals surface area contributed by atoms with Crippen molar-refractivity contribution in [3.05, 3.63) is 0 Å². The predicted molar refractivity (Wildman–Crippen MR) is 81.6 cm³/mol. The third-order valence-corrected chi connectivity index (χ3v) is 2.74. The number of nitrogens with zero attached hydrogens (tertiary/aromatic N) is 2. The second kappa shape index (κ2) is 9.87. The highest BCUT2D eigenvalue weighted by molar-refractivity contribution is 6.68. The van der Waals surface area contributed by atoms with E-state index in [0.717, 1.165) is 0 Å². The topological polar surface area (TPSA) is 54.0 Å². The molecule has 0 aliphatic heterocycles. The molecule has 1 atom stereocenters. The van der Waals surface area contributed by atoms with Crippen LogP contribution >= 0.6 is 34.8 Å². The Morgan fingerprint density at radius 2 is 1.60 bits per heavy atom. The van der Waals surface area contributed by atoms with E-state index in [9.17, 15) is 4.79 Å². The fourth-order valence-corrected chi connectivity index (χ4v) is 1.39. The number of ether oxygens (including phenoxy) is 2. The second-order valence-electron chi connectivity index (χ2n) is 4.68. The minimum atomic E-state index is -1.77. The van der Waals surface area contributed by atoms with Gasteiger partial charge in [0.25, 0.3) is 0 Å². The van der Waals surface area contributed by atoms with E-state index in [2.05, 4.69) is 5.32 Å². The molecule has 0 aromatic heterocycles. The lowest BCUT2D eigenvalue weighted by atomic mass is 10.6. The van der Waals surface area contributed by atoms with Crippen molar-refractivity contribution in [3.63, 3.8) is 0 Å². The zero-order valence-corrected chi connectivity index (χ0v) is 14.4. The predicted octanol–water partition coefficient (Wildman–Crippen LogP) is 1.55. The molecule has 120 valence electrons. The maximum atomic E-state index is 11.6. The molecule has 0 fully saturated rings. The Morgan fingerprint density at radius 1 is 1.10 bits per heavy atom. The molecule has 6 nitrogen and oxygen atoms in total. The van der Waals surface area contributed by atoms with Gasteiger partial charge < -0.3 is 19.3 Å². The Morgan fingerprint density at radius 3 is 2.05 bits per heavy atom. The van der Waals surface area contributed by atoms with Crippen molar-refractivity contribution in [2.75, 3.05) is 54.5 Å². The van der Waals surface area contributed by atoms with Crippen molar-refractivity contribution in [3.8, 4) is 0 Å². The normalized spacial score (nSPS) is 13.7. The van der Waals surface area contributed by atoms with Crippen molar-refractivity contribution in [1.82, 2.24) is 15.1 Å². The largest absolute Gasteiger partial charge is 0.448 e. The number of likely N-dealkylation sites (N-methyl/N-ethyl adjacent to an activating group) is 2. The summed E-state index contributed by atoms with van der Waals surface area (Å²) in [5.74, 6) is 0. The maximum absolute atomic E-state index is 11.6. The number of amides is 1. The van der Waals surface area contributed by atoms with Crippen LogP contribution in [0.5, 0.6) is 0 Å². The molecule has 0 rings (SSSR count). The van der Waals surface area contributed by atoms with E-state index in [0.29, 0.717) is 19.7 Å². The monoisotopic (exact) mass is 349 g/mol. The van der Waals surface area contributed by atoms with Crippen LogP contribution in [0.15, 0.2) is 0 Å². The smallest absolute Gasteiger partial charge is 0.409 e. The third kappa shape index (κ3) is 10.8. The highest BCUT2D eigenvalue weighted by Crippen LogP contribution is 2.30. The molecule has 0 bridgehead atoms. The number of carbonyl (C=O) groups is 1. The van der Waals surface area contributed by atoms with Crippen LogP contribution in [-0.2, 0) is 9.47 Å². The Bertz CT molecular complexity index is 286. The van der Waals surface area contributed by atoms with Gasteiger partial charge in [-0.1, -0.05) is 34.8 Å². The Kier molecular flexibility index (Phi) is 9.88. The highest BCUT2D eigenvalue weighted by atomic mass is 35.6. The van der Waals surface area contributed by atoms with Gasteiger partial charge in [-0.3, -0.25) is 5.32 Å². The fraction of sp³-hybridized carbons (Fsp3) is 0.909. The van der Waals surface area contributed by atoms with Crippen LogP contribution in [-0.4, -0.2) is 80.4 Å². The molecule has 0 saturated carbocycles. The second-order valence-corrected chi connectivity index (χ2v) is 7.05. The van der Waals surface area contributed by atoms with Crippen LogP contribution in [0.25, 0.3) is 0 Å². The van der Waals surface area contributed by atoms with Gasteiger partial charge in [-0.05, 0) is 28.2 Å². The average molecular weight is 351 g/mol. The molecular weight excluding hydrogens is 328 g/mol. The fourth-order valence-electron chi connectivity index (χ4n) is 1.04. The van der Waals surface area contributed by atoms with E-state index < -0.39 is 16.1 Å². The first-order valence-corrected chi connectivity index (χ1v) is 7.17. The van der Waals surface area contributed by atoms with E-state index in [1.807, 2.05) is 38.0 Å². The molecular formula is C11H22Cl3N3O3. The Labute approximate surface area is 135 Å². The van der Waals surface area contributed by atoms with Crippen LogP contribution in [0.2, 0.25) is 0 Å². The maximum Gasteiger partial charge on any atom is 0.409 e. The van der Waals surface area contributed by atoms with Gasteiger partial charge in [0.15, 0.2) is 6.23 Å². The van der Waals surface area contributed by atoms with Crippen molar-refractivity contribution in [2.24, 2.45) is 0 Å². The first kappa shape index (κ1) is 20.0. The van der Waals surface area contributed by atoms with Crippen molar-refractivity contribution < 1.29 is 14.3 Å². The average Bonchev–Trinajstić information content (AvgIpc) is 2.25. The van der Waals surface area contributed by atoms with Gasteiger partial charge in [0, 0.05) is 13.1 Å². The molecule has 0 aliphatic carbocycles. The molecule has 1 N–H and O–H groups in total. The van der Waals surface area contributed by atoms with Gasteiger partial charge >= 0.3 is 6.09 Å². The highest BCUT2D eigenvalue weighted by Gasteiger charge is 2.35. The third-order valence-electron chi connectivity index (χ3n) is 2.14. The summed E-state index contributed by atoms with van der Waals surface area (Å²) in [6, 6.07) is 0. The molecule has 0 aromatic rings. The van der Waals surface area contributed by atoms with E-state index in [1.165, 1.54) is 0 Å². The first-order valence-electron chi connectivity index (χ1n) is 6.04. The molecule has 0 spiro atoms. The number of alkyl halides is 3. The molecule has 0 heterocycles. The number of hydrogen-bond donors (Lipinski definition) is 1. The minimum Gasteiger partial charge on any atom is -0.448 e. The number of alkyl carbamates (subject to hydrolysis) is 1. The zero-order valence-electron chi connectivity index (χ0n) is 12.2. The van der Waals surface area contributed by atoms with E-state index in [4.69, 9.17) is 44.3 Å². The zero-order chi connectivity index (χ0) is 15.8.